The van der Waals surface area contributed by atoms with Crippen LogP contribution in [0.25, 0.3) is 0 Å². The molecule has 2 N–H and O–H groups in total. The molecule has 1 aliphatic rings. The summed E-state index contributed by atoms with van der Waals surface area (Å²) in [5, 5.41) is 0. The van der Waals surface area contributed by atoms with Crippen molar-refractivity contribution in [2.45, 2.75) is 42.6 Å². The molecule has 0 radical (unpaired) electrons. The molecule has 0 heterocycles. The first-order valence-electron chi connectivity index (χ1n) is 6.23. The van der Waals surface area contributed by atoms with E-state index in [9.17, 15) is 0 Å². The highest BCUT2D eigenvalue weighted by Crippen LogP contribution is 2.40. The quantitative estimate of drug-likeness (QED) is 0.863. The Morgan fingerprint density at radius 1 is 1.06 bits per heavy atom. The summed E-state index contributed by atoms with van der Waals surface area (Å²) in [6, 6.07) is 10.7. The van der Waals surface area contributed by atoms with Crippen LogP contribution in [0.1, 0.15) is 37.7 Å². The van der Waals surface area contributed by atoms with E-state index in [1.54, 1.807) is 0 Å². The molecular weight excluding hydrogens is 214 g/mol. The zero-order valence-electron chi connectivity index (χ0n) is 9.82. The maximum Gasteiger partial charge on any atom is 0.0285 e. The van der Waals surface area contributed by atoms with Crippen LogP contribution < -0.4 is 5.73 Å². The van der Waals surface area contributed by atoms with Gasteiger partial charge in [-0.15, -0.1) is 11.8 Å². The minimum atomic E-state index is 0.369. The summed E-state index contributed by atoms with van der Waals surface area (Å²) in [5.74, 6) is 1.11. The molecule has 0 atom stereocenters. The van der Waals surface area contributed by atoms with E-state index in [2.05, 4.69) is 42.1 Å². The molecule has 1 nitrogen and oxygen atoms in total. The van der Waals surface area contributed by atoms with Crippen molar-refractivity contribution >= 4 is 11.8 Å². The Kier molecular flexibility index (Phi) is 4.30. The van der Waals surface area contributed by atoms with Crippen LogP contribution in [0.5, 0.6) is 0 Å². The number of thioether (sulfide) groups is 1. The van der Waals surface area contributed by atoms with Crippen LogP contribution in [-0.2, 0) is 5.75 Å². The van der Waals surface area contributed by atoms with E-state index in [4.69, 9.17) is 5.73 Å². The Bertz CT molecular complexity index is 304. The number of benzene rings is 1. The molecule has 1 aromatic rings. The SMILES string of the molecule is NCC1(SCc2ccccc2)CCCCC1. The van der Waals surface area contributed by atoms with Gasteiger partial charge in [-0.05, 0) is 18.4 Å². The third-order valence-corrected chi connectivity index (χ3v) is 5.19. The first-order valence-corrected chi connectivity index (χ1v) is 7.21. The molecule has 0 amide bonds. The highest BCUT2D eigenvalue weighted by atomic mass is 32.2. The fourth-order valence-corrected chi connectivity index (χ4v) is 3.77. The summed E-state index contributed by atoms with van der Waals surface area (Å²) >= 11 is 2.07. The van der Waals surface area contributed by atoms with Gasteiger partial charge in [0, 0.05) is 17.0 Å². The van der Waals surface area contributed by atoms with Crippen LogP contribution in [0.15, 0.2) is 30.3 Å². The molecule has 1 aliphatic carbocycles. The van der Waals surface area contributed by atoms with Gasteiger partial charge in [0.05, 0.1) is 0 Å². The van der Waals surface area contributed by atoms with Gasteiger partial charge in [-0.3, -0.25) is 0 Å². The van der Waals surface area contributed by atoms with Crippen molar-refractivity contribution in [2.24, 2.45) is 5.73 Å². The lowest BCUT2D eigenvalue weighted by atomic mass is 9.88. The molecule has 1 fully saturated rings. The number of nitrogens with two attached hydrogens (primary N) is 1. The molecule has 0 aliphatic heterocycles. The van der Waals surface area contributed by atoms with E-state index in [0.29, 0.717) is 4.75 Å². The van der Waals surface area contributed by atoms with Gasteiger partial charge in [0.15, 0.2) is 0 Å². The van der Waals surface area contributed by atoms with Gasteiger partial charge in [0.25, 0.3) is 0 Å². The molecule has 88 valence electrons. The third-order valence-electron chi connectivity index (χ3n) is 3.52. The summed E-state index contributed by atoms with van der Waals surface area (Å²) in [5.41, 5.74) is 7.40. The second-order valence-electron chi connectivity index (χ2n) is 4.72. The maximum atomic E-state index is 5.98. The van der Waals surface area contributed by atoms with Crippen molar-refractivity contribution in [3.63, 3.8) is 0 Å². The molecular formula is C14H21NS. The molecule has 1 saturated carbocycles. The fourth-order valence-electron chi connectivity index (χ4n) is 2.41. The first-order chi connectivity index (χ1) is 7.85. The molecule has 0 aromatic heterocycles. The third kappa shape index (κ3) is 3.02. The Hall–Kier alpha value is -0.470. The summed E-state index contributed by atoms with van der Waals surface area (Å²) in [4.78, 5) is 0. The van der Waals surface area contributed by atoms with E-state index in [-0.39, 0.29) is 0 Å². The van der Waals surface area contributed by atoms with Gasteiger partial charge in [0.1, 0.15) is 0 Å². The molecule has 2 rings (SSSR count). The van der Waals surface area contributed by atoms with Crippen LogP contribution in [0.3, 0.4) is 0 Å². The van der Waals surface area contributed by atoms with E-state index in [1.165, 1.54) is 37.7 Å². The lowest BCUT2D eigenvalue weighted by Crippen LogP contribution is -2.36. The molecule has 0 unspecified atom stereocenters. The second kappa shape index (κ2) is 5.74. The van der Waals surface area contributed by atoms with E-state index >= 15 is 0 Å². The summed E-state index contributed by atoms with van der Waals surface area (Å²) < 4.78 is 0.369. The number of hydrogen-bond acceptors (Lipinski definition) is 2. The lowest BCUT2D eigenvalue weighted by molar-refractivity contribution is 0.403. The smallest absolute Gasteiger partial charge is 0.0285 e. The molecule has 1 aromatic carbocycles. The summed E-state index contributed by atoms with van der Waals surface area (Å²) in [7, 11) is 0. The van der Waals surface area contributed by atoms with Crippen LogP contribution in [0.4, 0.5) is 0 Å². The van der Waals surface area contributed by atoms with Crippen molar-refractivity contribution in [3.05, 3.63) is 35.9 Å². The minimum Gasteiger partial charge on any atom is -0.329 e. The highest BCUT2D eigenvalue weighted by Gasteiger charge is 2.30. The van der Waals surface area contributed by atoms with Crippen LogP contribution in [-0.4, -0.2) is 11.3 Å². The molecule has 16 heavy (non-hydrogen) atoms. The predicted octanol–water partition coefficient (Wildman–Crippen LogP) is 3.58. The monoisotopic (exact) mass is 235 g/mol. The molecule has 0 bridgehead atoms. The number of rotatable bonds is 4. The van der Waals surface area contributed by atoms with Crippen LogP contribution >= 0.6 is 11.8 Å². The maximum absolute atomic E-state index is 5.98. The van der Waals surface area contributed by atoms with E-state index in [0.717, 1.165) is 12.3 Å². The Morgan fingerprint density at radius 3 is 2.38 bits per heavy atom. The summed E-state index contributed by atoms with van der Waals surface area (Å²) in [6.07, 6.45) is 6.73. The predicted molar refractivity (Wildman–Crippen MR) is 72.6 cm³/mol. The first kappa shape index (κ1) is 12.0. The van der Waals surface area contributed by atoms with Crippen LogP contribution in [0, 0.1) is 0 Å². The minimum absolute atomic E-state index is 0.369. The van der Waals surface area contributed by atoms with E-state index in [1.807, 2.05) is 0 Å². The molecule has 0 spiro atoms. The van der Waals surface area contributed by atoms with Gasteiger partial charge in [-0.25, -0.2) is 0 Å². The van der Waals surface area contributed by atoms with Gasteiger partial charge in [-0.2, -0.15) is 0 Å². The number of hydrogen-bond donors (Lipinski definition) is 1. The van der Waals surface area contributed by atoms with Crippen molar-refractivity contribution in [2.75, 3.05) is 6.54 Å². The van der Waals surface area contributed by atoms with Crippen molar-refractivity contribution < 1.29 is 0 Å². The Morgan fingerprint density at radius 2 is 1.75 bits per heavy atom. The average molecular weight is 235 g/mol. The summed E-state index contributed by atoms with van der Waals surface area (Å²) in [6.45, 7) is 0.838. The molecule has 2 heteroatoms. The Balaban J connectivity index is 1.92. The largest absolute Gasteiger partial charge is 0.329 e. The van der Waals surface area contributed by atoms with Gasteiger partial charge in [-0.1, -0.05) is 49.6 Å². The van der Waals surface area contributed by atoms with Crippen molar-refractivity contribution in [1.29, 1.82) is 0 Å². The molecule has 0 saturated heterocycles. The zero-order valence-corrected chi connectivity index (χ0v) is 10.6. The highest BCUT2D eigenvalue weighted by molar-refractivity contribution is 7.99. The van der Waals surface area contributed by atoms with Gasteiger partial charge in [0.2, 0.25) is 0 Å². The second-order valence-corrected chi connectivity index (χ2v) is 6.17. The van der Waals surface area contributed by atoms with E-state index < -0.39 is 0 Å². The van der Waals surface area contributed by atoms with Gasteiger partial charge >= 0.3 is 0 Å². The van der Waals surface area contributed by atoms with Gasteiger partial charge < -0.3 is 5.73 Å². The van der Waals surface area contributed by atoms with Crippen LogP contribution in [0.2, 0.25) is 0 Å². The zero-order chi connectivity index (χ0) is 11.3. The fraction of sp³-hybridized carbons (Fsp3) is 0.571. The lowest BCUT2D eigenvalue weighted by Gasteiger charge is -2.35. The topological polar surface area (TPSA) is 26.0 Å². The standard InChI is InChI=1S/C14H21NS/c15-12-14(9-5-2-6-10-14)16-11-13-7-3-1-4-8-13/h1,3-4,7-8H,2,5-6,9-12,15H2. The van der Waals surface area contributed by atoms with Crippen molar-refractivity contribution in [1.82, 2.24) is 0 Å². The normalized spacial score (nSPS) is 19.6. The average Bonchev–Trinajstić information content (AvgIpc) is 2.39. The van der Waals surface area contributed by atoms with Crippen molar-refractivity contribution in [3.8, 4) is 0 Å². The Labute approximate surface area is 103 Å².